The number of hydrogen-bond acceptors (Lipinski definition) is 4. The molecule has 1 rings (SSSR count). The van der Waals surface area contributed by atoms with Gasteiger partial charge in [-0.3, -0.25) is 9.59 Å². The van der Waals surface area contributed by atoms with E-state index in [0.29, 0.717) is 6.61 Å². The van der Waals surface area contributed by atoms with E-state index in [-0.39, 0.29) is 24.5 Å². The first-order valence-electron chi connectivity index (χ1n) is 5.72. The molecule has 0 aromatic carbocycles. The minimum absolute atomic E-state index is 0.0569. The van der Waals surface area contributed by atoms with Gasteiger partial charge in [-0.1, -0.05) is 13.8 Å². The summed E-state index contributed by atoms with van der Waals surface area (Å²) >= 11 is 0. The maximum atomic E-state index is 12.1. The third-order valence-electron chi connectivity index (χ3n) is 3.30. The molecule has 6 nitrogen and oxygen atoms in total. The predicted octanol–water partition coefficient (Wildman–Crippen LogP) is -1.02. The van der Waals surface area contributed by atoms with Crippen molar-refractivity contribution in [3.63, 3.8) is 0 Å². The first-order valence-corrected chi connectivity index (χ1v) is 5.72. The summed E-state index contributed by atoms with van der Waals surface area (Å²) in [5.41, 5.74) is 10.3. The standard InChI is InChI=1S/C11H21N3O3/c1-6(2)8(9(13)15)14-10(16)11(3)5-17-4-7(11)12/h6-8H,4-5,12H2,1-3H3,(H2,13,15)(H,14,16). The number of carbonyl (C=O) groups is 2. The zero-order chi connectivity index (χ0) is 13.2. The van der Waals surface area contributed by atoms with Gasteiger partial charge >= 0.3 is 0 Å². The molecule has 2 amide bonds. The van der Waals surface area contributed by atoms with Crippen molar-refractivity contribution in [2.24, 2.45) is 22.8 Å². The van der Waals surface area contributed by atoms with E-state index in [1.165, 1.54) is 0 Å². The Kier molecular flexibility index (Phi) is 4.11. The molecule has 3 atom stereocenters. The number of rotatable bonds is 4. The molecule has 0 bridgehead atoms. The zero-order valence-corrected chi connectivity index (χ0v) is 10.5. The Bertz CT molecular complexity index is 319. The molecule has 0 aromatic rings. The van der Waals surface area contributed by atoms with E-state index in [1.54, 1.807) is 6.92 Å². The van der Waals surface area contributed by atoms with Crippen molar-refractivity contribution in [2.75, 3.05) is 13.2 Å². The summed E-state index contributed by atoms with van der Waals surface area (Å²) in [4.78, 5) is 23.3. The summed E-state index contributed by atoms with van der Waals surface area (Å²) in [7, 11) is 0. The van der Waals surface area contributed by atoms with Crippen LogP contribution in [0.3, 0.4) is 0 Å². The Labute approximate surface area is 101 Å². The summed E-state index contributed by atoms with van der Waals surface area (Å²) in [6.45, 7) is 6.00. The summed E-state index contributed by atoms with van der Waals surface area (Å²) in [5, 5.41) is 2.66. The first kappa shape index (κ1) is 13.9. The average molecular weight is 243 g/mol. The van der Waals surface area contributed by atoms with Gasteiger partial charge in [0, 0.05) is 6.04 Å². The number of nitrogens with one attached hydrogen (secondary N) is 1. The molecule has 5 N–H and O–H groups in total. The van der Waals surface area contributed by atoms with Gasteiger partial charge in [-0.15, -0.1) is 0 Å². The maximum absolute atomic E-state index is 12.1. The molecule has 1 heterocycles. The molecule has 0 saturated carbocycles. The van der Waals surface area contributed by atoms with Gasteiger partial charge in [0.1, 0.15) is 6.04 Å². The monoisotopic (exact) mass is 243 g/mol. The van der Waals surface area contributed by atoms with E-state index >= 15 is 0 Å². The summed E-state index contributed by atoms with van der Waals surface area (Å²) in [5.74, 6) is -0.872. The van der Waals surface area contributed by atoms with E-state index in [1.807, 2.05) is 13.8 Å². The Morgan fingerprint density at radius 1 is 1.47 bits per heavy atom. The van der Waals surface area contributed by atoms with Gasteiger partial charge < -0.3 is 21.5 Å². The molecule has 0 aromatic heterocycles. The van der Waals surface area contributed by atoms with Gasteiger partial charge in [0.25, 0.3) is 0 Å². The second kappa shape index (κ2) is 5.01. The number of nitrogens with two attached hydrogens (primary N) is 2. The number of hydrogen-bond donors (Lipinski definition) is 3. The van der Waals surface area contributed by atoms with Crippen molar-refractivity contribution in [3.05, 3.63) is 0 Å². The Morgan fingerprint density at radius 3 is 2.41 bits per heavy atom. The lowest BCUT2D eigenvalue weighted by Gasteiger charge is -2.29. The molecule has 98 valence electrons. The topological polar surface area (TPSA) is 107 Å². The normalized spacial score (nSPS) is 30.3. The molecule has 0 aliphatic carbocycles. The van der Waals surface area contributed by atoms with Crippen LogP contribution in [0.2, 0.25) is 0 Å². The van der Waals surface area contributed by atoms with Crippen molar-refractivity contribution in [3.8, 4) is 0 Å². The van der Waals surface area contributed by atoms with Crippen LogP contribution in [0.15, 0.2) is 0 Å². The molecular weight excluding hydrogens is 222 g/mol. The number of amides is 2. The first-order chi connectivity index (χ1) is 7.79. The van der Waals surface area contributed by atoms with Gasteiger partial charge in [0.05, 0.1) is 18.6 Å². The lowest BCUT2D eigenvalue weighted by atomic mass is 9.84. The molecule has 1 aliphatic heterocycles. The lowest BCUT2D eigenvalue weighted by Crippen LogP contribution is -2.56. The lowest BCUT2D eigenvalue weighted by molar-refractivity contribution is -0.135. The van der Waals surface area contributed by atoms with E-state index in [0.717, 1.165) is 0 Å². The smallest absolute Gasteiger partial charge is 0.240 e. The molecule has 17 heavy (non-hydrogen) atoms. The number of primary amides is 1. The molecule has 1 aliphatic rings. The zero-order valence-electron chi connectivity index (χ0n) is 10.5. The van der Waals surface area contributed by atoms with Gasteiger partial charge in [0.2, 0.25) is 11.8 Å². The third-order valence-corrected chi connectivity index (χ3v) is 3.30. The molecule has 3 unspecified atom stereocenters. The Balaban J connectivity index is 2.74. The molecule has 6 heteroatoms. The minimum atomic E-state index is -0.789. The van der Waals surface area contributed by atoms with Gasteiger partial charge in [0.15, 0.2) is 0 Å². The van der Waals surface area contributed by atoms with Crippen LogP contribution in [-0.2, 0) is 14.3 Å². The van der Waals surface area contributed by atoms with Crippen LogP contribution >= 0.6 is 0 Å². The van der Waals surface area contributed by atoms with Crippen LogP contribution < -0.4 is 16.8 Å². The Hall–Kier alpha value is -1.14. The Morgan fingerprint density at radius 2 is 2.06 bits per heavy atom. The quantitative estimate of drug-likeness (QED) is 0.587. The summed E-state index contributed by atoms with van der Waals surface area (Å²) in [6.07, 6.45) is 0. The van der Waals surface area contributed by atoms with Crippen molar-refractivity contribution in [2.45, 2.75) is 32.9 Å². The highest BCUT2D eigenvalue weighted by Crippen LogP contribution is 2.27. The van der Waals surface area contributed by atoms with Crippen LogP contribution in [0.5, 0.6) is 0 Å². The molecule has 1 fully saturated rings. The van der Waals surface area contributed by atoms with Crippen molar-refractivity contribution < 1.29 is 14.3 Å². The van der Waals surface area contributed by atoms with Crippen LogP contribution in [0, 0.1) is 11.3 Å². The summed E-state index contributed by atoms with van der Waals surface area (Å²) in [6, 6.07) is -1.03. The fourth-order valence-electron chi connectivity index (χ4n) is 1.80. The highest BCUT2D eigenvalue weighted by molar-refractivity contribution is 5.90. The van der Waals surface area contributed by atoms with Crippen LogP contribution in [0.25, 0.3) is 0 Å². The second-order valence-electron chi connectivity index (χ2n) is 5.14. The fourth-order valence-corrected chi connectivity index (χ4v) is 1.80. The van der Waals surface area contributed by atoms with Crippen LogP contribution in [0.1, 0.15) is 20.8 Å². The van der Waals surface area contributed by atoms with Crippen molar-refractivity contribution in [1.82, 2.24) is 5.32 Å². The summed E-state index contributed by atoms with van der Waals surface area (Å²) < 4.78 is 5.19. The highest BCUT2D eigenvalue weighted by Gasteiger charge is 2.45. The van der Waals surface area contributed by atoms with Crippen LogP contribution in [0.4, 0.5) is 0 Å². The van der Waals surface area contributed by atoms with Crippen molar-refractivity contribution in [1.29, 1.82) is 0 Å². The fraction of sp³-hybridized carbons (Fsp3) is 0.818. The molecular formula is C11H21N3O3. The minimum Gasteiger partial charge on any atom is -0.379 e. The van der Waals surface area contributed by atoms with Crippen molar-refractivity contribution >= 4 is 11.8 Å². The van der Waals surface area contributed by atoms with E-state index in [4.69, 9.17) is 16.2 Å². The average Bonchev–Trinajstić information content (AvgIpc) is 2.55. The van der Waals surface area contributed by atoms with Gasteiger partial charge in [-0.05, 0) is 12.8 Å². The second-order valence-corrected chi connectivity index (χ2v) is 5.14. The molecule has 0 radical (unpaired) electrons. The van der Waals surface area contributed by atoms with Crippen LogP contribution in [-0.4, -0.2) is 37.1 Å². The SMILES string of the molecule is CC(C)C(NC(=O)C1(C)COCC1N)C(N)=O. The predicted molar refractivity (Wildman–Crippen MR) is 62.9 cm³/mol. The number of carbonyl (C=O) groups excluding carboxylic acids is 2. The molecule has 0 spiro atoms. The van der Waals surface area contributed by atoms with Gasteiger partial charge in [-0.2, -0.15) is 0 Å². The highest BCUT2D eigenvalue weighted by atomic mass is 16.5. The van der Waals surface area contributed by atoms with E-state index in [9.17, 15) is 9.59 Å². The largest absolute Gasteiger partial charge is 0.379 e. The van der Waals surface area contributed by atoms with E-state index < -0.39 is 17.4 Å². The number of ether oxygens (including phenoxy) is 1. The molecule has 1 saturated heterocycles. The third kappa shape index (κ3) is 2.76. The van der Waals surface area contributed by atoms with Gasteiger partial charge in [-0.25, -0.2) is 0 Å². The maximum Gasteiger partial charge on any atom is 0.240 e. The van der Waals surface area contributed by atoms with E-state index in [2.05, 4.69) is 5.32 Å².